The van der Waals surface area contributed by atoms with E-state index in [1.807, 2.05) is 56.3 Å². The third-order valence-electron chi connectivity index (χ3n) is 5.63. The second-order valence-electron chi connectivity index (χ2n) is 8.09. The van der Waals surface area contributed by atoms with Crippen molar-refractivity contribution in [3.63, 3.8) is 0 Å². The molecule has 3 aromatic carbocycles. The number of amides is 1. The number of nitrogens with one attached hydrogen (secondary N) is 2. The minimum absolute atomic E-state index is 0.0623. The number of nitrogens with zero attached hydrogens (tertiary/aromatic N) is 1. The van der Waals surface area contributed by atoms with E-state index in [0.717, 1.165) is 26.4 Å². The minimum Gasteiger partial charge on any atom is -0.507 e. The lowest BCUT2D eigenvalue weighted by molar-refractivity contribution is 0.0951. The number of hydrogen-bond acceptors (Lipinski definition) is 6. The number of phenolic OH excluding ortho intramolecular Hbond substituents is 1. The molecule has 174 valence electrons. The maximum Gasteiger partial charge on any atom is 0.293 e. The molecule has 3 N–H and O–H groups in total. The first-order valence-electron chi connectivity index (χ1n) is 10.9. The van der Waals surface area contributed by atoms with Crippen molar-refractivity contribution < 1.29 is 14.3 Å². The Labute approximate surface area is 211 Å². The van der Waals surface area contributed by atoms with E-state index in [9.17, 15) is 9.90 Å². The van der Waals surface area contributed by atoms with E-state index in [4.69, 9.17) is 16.6 Å². The van der Waals surface area contributed by atoms with Crippen LogP contribution in [0.15, 0.2) is 77.2 Å². The number of aromatic nitrogens is 1. The van der Waals surface area contributed by atoms with Gasteiger partial charge in [-0.2, -0.15) is 0 Å². The number of fused-ring (bicyclic) bond motifs is 1. The number of rotatable bonds is 4. The van der Waals surface area contributed by atoms with Crippen LogP contribution in [0.1, 0.15) is 21.7 Å². The fourth-order valence-electron chi connectivity index (χ4n) is 3.61. The fourth-order valence-corrected chi connectivity index (χ4v) is 4.82. The number of hydrogen-bond donors (Lipinski definition) is 3. The zero-order valence-electron chi connectivity index (χ0n) is 19.0. The van der Waals surface area contributed by atoms with Crippen LogP contribution in [0.3, 0.4) is 0 Å². The quantitative estimate of drug-likeness (QED) is 0.239. The third kappa shape index (κ3) is 4.80. The molecule has 5 aromatic rings. The van der Waals surface area contributed by atoms with Gasteiger partial charge in [0.05, 0.1) is 15.8 Å². The molecule has 0 atom stereocenters. The Morgan fingerprint density at radius 2 is 1.83 bits per heavy atom. The number of furan rings is 1. The van der Waals surface area contributed by atoms with E-state index in [0.29, 0.717) is 17.0 Å². The maximum absolute atomic E-state index is 12.6. The summed E-state index contributed by atoms with van der Waals surface area (Å²) in [7, 11) is 0. The molecule has 0 bridgehead atoms. The first-order chi connectivity index (χ1) is 16.9. The lowest BCUT2D eigenvalue weighted by Gasteiger charge is -2.10. The van der Waals surface area contributed by atoms with Crippen molar-refractivity contribution in [1.29, 1.82) is 0 Å². The van der Waals surface area contributed by atoms with Crippen LogP contribution < -0.4 is 10.6 Å². The number of anilines is 1. The summed E-state index contributed by atoms with van der Waals surface area (Å²) < 4.78 is 6.79. The van der Waals surface area contributed by atoms with Gasteiger partial charge >= 0.3 is 0 Å². The topological polar surface area (TPSA) is 87.4 Å². The van der Waals surface area contributed by atoms with Gasteiger partial charge in [-0.15, -0.1) is 11.3 Å². The number of thiazole rings is 1. The second-order valence-corrected chi connectivity index (χ2v) is 9.53. The molecule has 35 heavy (non-hydrogen) atoms. The number of carbonyl (C=O) groups excluding carboxylic acids is 1. The molecule has 0 unspecified atom stereocenters. The molecule has 0 aliphatic carbocycles. The lowest BCUT2D eigenvalue weighted by Crippen LogP contribution is -2.33. The van der Waals surface area contributed by atoms with Gasteiger partial charge in [0.2, 0.25) is 0 Å². The van der Waals surface area contributed by atoms with Gasteiger partial charge in [0.15, 0.2) is 10.9 Å². The van der Waals surface area contributed by atoms with Gasteiger partial charge in [0.1, 0.15) is 16.5 Å². The molecule has 0 fully saturated rings. The summed E-state index contributed by atoms with van der Waals surface area (Å²) in [4.78, 5) is 17.2. The Hall–Kier alpha value is -4.01. The molecule has 6 nitrogen and oxygen atoms in total. The number of aromatic hydroxyl groups is 1. The molecular weight excluding hydrogens is 478 g/mol. The first kappa shape index (κ1) is 22.8. The molecule has 0 saturated carbocycles. The molecule has 8 heteroatoms. The average Bonchev–Trinajstić information content (AvgIpc) is 3.48. The van der Waals surface area contributed by atoms with Crippen LogP contribution in [-0.2, 0) is 0 Å². The van der Waals surface area contributed by atoms with Crippen LogP contribution in [0.5, 0.6) is 5.75 Å². The highest BCUT2D eigenvalue weighted by Crippen LogP contribution is 2.36. The summed E-state index contributed by atoms with van der Waals surface area (Å²) >= 11 is 6.79. The summed E-state index contributed by atoms with van der Waals surface area (Å²) in [6.45, 7) is 4.07. The Balaban J connectivity index is 1.25. The summed E-state index contributed by atoms with van der Waals surface area (Å²) in [6, 6.07) is 22.3. The largest absolute Gasteiger partial charge is 0.507 e. The standard InChI is InChI=1S/C27H21N3O3S2/c1-15-7-8-17(13-16(15)2)22-11-12-23(33-22)25(32)30-27(34)28-18-9-10-19(21(31)14-18)26-29-20-5-3-4-6-24(20)35-26/h3-14,31H,1-2H3,(H2,28,30,32,34). The van der Waals surface area contributed by atoms with Gasteiger partial charge in [0.25, 0.3) is 5.91 Å². The van der Waals surface area contributed by atoms with Crippen LogP contribution in [0, 0.1) is 13.8 Å². The van der Waals surface area contributed by atoms with Gasteiger partial charge in [-0.1, -0.05) is 24.3 Å². The summed E-state index contributed by atoms with van der Waals surface area (Å²) in [5.74, 6) is 0.351. The zero-order valence-corrected chi connectivity index (χ0v) is 20.6. The summed E-state index contributed by atoms with van der Waals surface area (Å²) in [5.41, 5.74) is 5.28. The van der Waals surface area contributed by atoms with Crippen LogP contribution in [-0.4, -0.2) is 21.1 Å². The van der Waals surface area contributed by atoms with E-state index in [-0.39, 0.29) is 16.6 Å². The highest BCUT2D eigenvalue weighted by Gasteiger charge is 2.15. The van der Waals surface area contributed by atoms with Crippen LogP contribution in [0.25, 0.3) is 32.1 Å². The first-order valence-corrected chi connectivity index (χ1v) is 12.1. The predicted molar refractivity (Wildman–Crippen MR) is 144 cm³/mol. The molecular formula is C27H21N3O3S2. The molecule has 0 aliphatic heterocycles. The molecule has 0 radical (unpaired) electrons. The second kappa shape index (κ2) is 9.32. The Kier molecular flexibility index (Phi) is 6.07. The highest BCUT2D eigenvalue weighted by molar-refractivity contribution is 7.80. The van der Waals surface area contributed by atoms with Crippen molar-refractivity contribution in [3.8, 4) is 27.6 Å². The molecule has 0 aliphatic rings. The Bertz CT molecular complexity index is 1550. The average molecular weight is 500 g/mol. The van der Waals surface area contributed by atoms with Crippen LogP contribution in [0.2, 0.25) is 0 Å². The number of para-hydroxylation sites is 1. The van der Waals surface area contributed by atoms with Crippen molar-refractivity contribution >= 4 is 50.5 Å². The maximum atomic E-state index is 12.6. The van der Waals surface area contributed by atoms with E-state index >= 15 is 0 Å². The van der Waals surface area contributed by atoms with E-state index in [2.05, 4.69) is 15.6 Å². The Morgan fingerprint density at radius 3 is 2.60 bits per heavy atom. The highest BCUT2D eigenvalue weighted by atomic mass is 32.1. The van der Waals surface area contributed by atoms with Gasteiger partial charge < -0.3 is 14.8 Å². The summed E-state index contributed by atoms with van der Waals surface area (Å²) in [5, 5.41) is 16.9. The predicted octanol–water partition coefficient (Wildman–Crippen LogP) is 6.67. The van der Waals surface area contributed by atoms with Crippen molar-refractivity contribution in [2.24, 2.45) is 0 Å². The molecule has 1 amide bonds. The number of aryl methyl sites for hydroxylation is 2. The van der Waals surface area contributed by atoms with Gasteiger partial charge in [0, 0.05) is 17.3 Å². The van der Waals surface area contributed by atoms with Crippen molar-refractivity contribution in [2.75, 3.05) is 5.32 Å². The SMILES string of the molecule is Cc1ccc(-c2ccc(C(=O)NC(=S)Nc3ccc(-c4nc5ccccc5s4)c(O)c3)o2)cc1C. The number of thiocarbonyl (C=S) groups is 1. The monoisotopic (exact) mass is 499 g/mol. The van der Waals surface area contributed by atoms with E-state index in [1.165, 1.54) is 16.9 Å². The number of carbonyl (C=O) groups is 1. The third-order valence-corrected chi connectivity index (χ3v) is 6.90. The Morgan fingerprint density at radius 1 is 1.00 bits per heavy atom. The lowest BCUT2D eigenvalue weighted by atomic mass is 10.1. The fraction of sp³-hybridized carbons (Fsp3) is 0.0741. The van der Waals surface area contributed by atoms with Crippen LogP contribution in [0.4, 0.5) is 5.69 Å². The summed E-state index contributed by atoms with van der Waals surface area (Å²) in [6.07, 6.45) is 0. The van der Waals surface area contributed by atoms with Crippen molar-refractivity contribution in [2.45, 2.75) is 13.8 Å². The zero-order chi connectivity index (χ0) is 24.5. The number of benzene rings is 3. The minimum atomic E-state index is -0.465. The van der Waals surface area contributed by atoms with E-state index < -0.39 is 5.91 Å². The van der Waals surface area contributed by atoms with Gasteiger partial charge in [-0.25, -0.2) is 4.98 Å². The van der Waals surface area contributed by atoms with Gasteiger partial charge in [-0.3, -0.25) is 10.1 Å². The van der Waals surface area contributed by atoms with Gasteiger partial charge in [-0.05, 0) is 79.7 Å². The molecule has 5 rings (SSSR count). The number of phenols is 1. The smallest absolute Gasteiger partial charge is 0.293 e. The molecule has 2 heterocycles. The van der Waals surface area contributed by atoms with Crippen LogP contribution >= 0.6 is 23.6 Å². The molecule has 0 saturated heterocycles. The normalized spacial score (nSPS) is 10.9. The molecule has 0 spiro atoms. The van der Waals surface area contributed by atoms with Crippen molar-refractivity contribution in [3.05, 3.63) is 89.7 Å². The molecule has 2 aromatic heterocycles. The van der Waals surface area contributed by atoms with Crippen molar-refractivity contribution in [1.82, 2.24) is 10.3 Å². The van der Waals surface area contributed by atoms with E-state index in [1.54, 1.807) is 30.3 Å².